The standard InChI is InChI=1S/C21H28N2O3/c24-20(14-26-17-8-2-1-3-9-17)22-19-13-23(12-18(19)15-10-11-15)21(25)16-6-4-5-7-16/h1-3,8-9,15-16,18-19H,4-7,10-14H2,(H,22,24). The van der Waals surface area contributed by atoms with Gasteiger partial charge in [-0.3, -0.25) is 9.59 Å². The maximum Gasteiger partial charge on any atom is 0.258 e. The summed E-state index contributed by atoms with van der Waals surface area (Å²) in [5.41, 5.74) is 0. The minimum Gasteiger partial charge on any atom is -0.484 e. The summed E-state index contributed by atoms with van der Waals surface area (Å²) in [7, 11) is 0. The lowest BCUT2D eigenvalue weighted by Gasteiger charge is -2.20. The molecule has 0 spiro atoms. The molecule has 2 aliphatic carbocycles. The lowest BCUT2D eigenvalue weighted by atomic mass is 9.98. The smallest absolute Gasteiger partial charge is 0.258 e. The van der Waals surface area contributed by atoms with Crippen molar-refractivity contribution < 1.29 is 14.3 Å². The molecule has 1 saturated heterocycles. The summed E-state index contributed by atoms with van der Waals surface area (Å²) >= 11 is 0. The van der Waals surface area contributed by atoms with Crippen LogP contribution in [0.3, 0.4) is 0 Å². The second-order valence-electron chi connectivity index (χ2n) is 8.00. The predicted octanol–water partition coefficient (Wildman–Crippen LogP) is 2.61. The van der Waals surface area contributed by atoms with Gasteiger partial charge in [0.25, 0.3) is 5.91 Å². The first-order valence-corrected chi connectivity index (χ1v) is 9.96. The van der Waals surface area contributed by atoms with Crippen LogP contribution in [0, 0.1) is 17.8 Å². The van der Waals surface area contributed by atoms with Crippen LogP contribution in [0.15, 0.2) is 30.3 Å². The summed E-state index contributed by atoms with van der Waals surface area (Å²) < 4.78 is 5.55. The Hall–Kier alpha value is -2.04. The van der Waals surface area contributed by atoms with Gasteiger partial charge in [-0.15, -0.1) is 0 Å². The molecule has 1 aromatic rings. The molecule has 3 aliphatic rings. The van der Waals surface area contributed by atoms with E-state index in [9.17, 15) is 9.59 Å². The summed E-state index contributed by atoms with van der Waals surface area (Å²) in [5.74, 6) is 2.19. The highest BCUT2D eigenvalue weighted by atomic mass is 16.5. The third kappa shape index (κ3) is 4.02. The summed E-state index contributed by atoms with van der Waals surface area (Å²) in [6.07, 6.45) is 6.86. The van der Waals surface area contributed by atoms with Gasteiger partial charge in [0.2, 0.25) is 5.91 Å². The van der Waals surface area contributed by atoms with Crippen LogP contribution in [0.4, 0.5) is 0 Å². The van der Waals surface area contributed by atoms with E-state index in [1.165, 1.54) is 25.7 Å². The van der Waals surface area contributed by atoms with Gasteiger partial charge in [-0.2, -0.15) is 0 Å². The summed E-state index contributed by atoms with van der Waals surface area (Å²) in [6.45, 7) is 1.49. The van der Waals surface area contributed by atoms with Crippen LogP contribution in [0.25, 0.3) is 0 Å². The van der Waals surface area contributed by atoms with Crippen molar-refractivity contribution in [2.75, 3.05) is 19.7 Å². The normalized spacial score (nSPS) is 26.1. The maximum atomic E-state index is 12.8. The highest BCUT2D eigenvalue weighted by Gasteiger charge is 2.45. The Bertz CT molecular complexity index is 638. The van der Waals surface area contributed by atoms with Gasteiger partial charge in [-0.1, -0.05) is 31.0 Å². The van der Waals surface area contributed by atoms with E-state index in [0.29, 0.717) is 30.0 Å². The fourth-order valence-electron chi connectivity index (χ4n) is 4.51. The molecule has 26 heavy (non-hydrogen) atoms. The molecule has 0 radical (unpaired) electrons. The van der Waals surface area contributed by atoms with E-state index >= 15 is 0 Å². The molecule has 1 heterocycles. The molecule has 1 aromatic carbocycles. The van der Waals surface area contributed by atoms with Crippen LogP contribution < -0.4 is 10.1 Å². The van der Waals surface area contributed by atoms with E-state index in [-0.39, 0.29) is 24.5 Å². The molecule has 140 valence electrons. The molecule has 5 heteroatoms. The largest absolute Gasteiger partial charge is 0.484 e. The zero-order chi connectivity index (χ0) is 17.9. The summed E-state index contributed by atoms with van der Waals surface area (Å²) in [5, 5.41) is 3.14. The van der Waals surface area contributed by atoms with Crippen molar-refractivity contribution in [3.8, 4) is 5.75 Å². The molecular formula is C21H28N2O3. The number of rotatable bonds is 6. The molecule has 4 rings (SSSR count). The Kier molecular flexibility index (Phi) is 5.14. The topological polar surface area (TPSA) is 58.6 Å². The van der Waals surface area contributed by atoms with Gasteiger partial charge in [0.05, 0.1) is 6.04 Å². The Morgan fingerprint density at radius 2 is 1.77 bits per heavy atom. The minimum absolute atomic E-state index is 0.0223. The molecular weight excluding hydrogens is 328 g/mol. The minimum atomic E-state index is -0.0975. The third-order valence-corrected chi connectivity index (χ3v) is 6.07. The Labute approximate surface area is 155 Å². The SMILES string of the molecule is O=C(COc1ccccc1)NC1CN(C(=O)C2CCCC2)CC1C1CC1. The molecule has 0 bridgehead atoms. The fraction of sp³-hybridized carbons (Fsp3) is 0.619. The van der Waals surface area contributed by atoms with Gasteiger partial charge >= 0.3 is 0 Å². The van der Waals surface area contributed by atoms with Crippen molar-refractivity contribution in [3.63, 3.8) is 0 Å². The van der Waals surface area contributed by atoms with E-state index < -0.39 is 0 Å². The first-order valence-electron chi connectivity index (χ1n) is 9.96. The Morgan fingerprint density at radius 3 is 2.46 bits per heavy atom. The van der Waals surface area contributed by atoms with Gasteiger partial charge in [0.15, 0.2) is 6.61 Å². The second kappa shape index (κ2) is 7.68. The molecule has 2 saturated carbocycles. The van der Waals surface area contributed by atoms with Crippen molar-refractivity contribution in [2.24, 2.45) is 17.8 Å². The Balaban J connectivity index is 1.32. The second-order valence-corrected chi connectivity index (χ2v) is 8.00. The first-order chi connectivity index (χ1) is 12.7. The van der Waals surface area contributed by atoms with Gasteiger partial charge in [0.1, 0.15) is 5.75 Å². The van der Waals surface area contributed by atoms with Crippen molar-refractivity contribution in [1.29, 1.82) is 0 Å². The quantitative estimate of drug-likeness (QED) is 0.852. The maximum absolute atomic E-state index is 12.8. The average molecular weight is 356 g/mol. The van der Waals surface area contributed by atoms with E-state index in [4.69, 9.17) is 4.74 Å². The first kappa shape index (κ1) is 17.4. The number of para-hydroxylation sites is 1. The number of carbonyl (C=O) groups is 2. The lowest BCUT2D eigenvalue weighted by Crippen LogP contribution is -2.44. The number of ether oxygens (including phenoxy) is 1. The monoisotopic (exact) mass is 356 g/mol. The highest BCUT2D eigenvalue weighted by molar-refractivity contribution is 5.80. The number of amides is 2. The lowest BCUT2D eigenvalue weighted by molar-refractivity contribution is -0.134. The molecule has 2 unspecified atom stereocenters. The van der Waals surface area contributed by atoms with E-state index in [0.717, 1.165) is 19.4 Å². The number of carbonyl (C=O) groups excluding carboxylic acids is 2. The molecule has 5 nitrogen and oxygen atoms in total. The van der Waals surface area contributed by atoms with Gasteiger partial charge in [-0.25, -0.2) is 0 Å². The van der Waals surface area contributed by atoms with Crippen LogP contribution in [-0.2, 0) is 9.59 Å². The van der Waals surface area contributed by atoms with Crippen LogP contribution in [0.5, 0.6) is 5.75 Å². The zero-order valence-corrected chi connectivity index (χ0v) is 15.2. The number of nitrogens with one attached hydrogen (secondary N) is 1. The average Bonchev–Trinajstić information content (AvgIpc) is 3.19. The van der Waals surface area contributed by atoms with E-state index in [2.05, 4.69) is 5.32 Å². The number of likely N-dealkylation sites (tertiary alicyclic amines) is 1. The summed E-state index contributed by atoms with van der Waals surface area (Å²) in [6, 6.07) is 9.46. The number of hydrogen-bond donors (Lipinski definition) is 1. The van der Waals surface area contributed by atoms with Crippen molar-refractivity contribution >= 4 is 11.8 Å². The number of benzene rings is 1. The highest BCUT2D eigenvalue weighted by Crippen LogP contribution is 2.42. The van der Waals surface area contributed by atoms with E-state index in [1.54, 1.807) is 0 Å². The molecule has 1 aliphatic heterocycles. The molecule has 2 atom stereocenters. The van der Waals surface area contributed by atoms with Crippen LogP contribution in [-0.4, -0.2) is 42.5 Å². The van der Waals surface area contributed by atoms with Gasteiger partial charge < -0.3 is 15.0 Å². The van der Waals surface area contributed by atoms with Gasteiger partial charge in [-0.05, 0) is 43.7 Å². The van der Waals surface area contributed by atoms with Crippen molar-refractivity contribution in [3.05, 3.63) is 30.3 Å². The molecule has 2 amide bonds. The third-order valence-electron chi connectivity index (χ3n) is 6.07. The van der Waals surface area contributed by atoms with Crippen molar-refractivity contribution in [2.45, 2.75) is 44.6 Å². The van der Waals surface area contributed by atoms with Crippen LogP contribution >= 0.6 is 0 Å². The number of hydrogen-bond acceptors (Lipinski definition) is 3. The van der Waals surface area contributed by atoms with Crippen LogP contribution in [0.2, 0.25) is 0 Å². The van der Waals surface area contributed by atoms with Gasteiger partial charge in [0, 0.05) is 24.9 Å². The fourth-order valence-corrected chi connectivity index (χ4v) is 4.51. The summed E-state index contributed by atoms with van der Waals surface area (Å²) in [4.78, 5) is 27.1. The van der Waals surface area contributed by atoms with Crippen molar-refractivity contribution in [1.82, 2.24) is 10.2 Å². The molecule has 1 N–H and O–H groups in total. The number of nitrogens with zero attached hydrogens (tertiary/aromatic N) is 1. The molecule has 3 fully saturated rings. The predicted molar refractivity (Wildman–Crippen MR) is 98.6 cm³/mol. The molecule has 0 aromatic heterocycles. The van der Waals surface area contributed by atoms with E-state index in [1.807, 2.05) is 35.2 Å². The van der Waals surface area contributed by atoms with Crippen LogP contribution in [0.1, 0.15) is 38.5 Å². The zero-order valence-electron chi connectivity index (χ0n) is 15.2. The Morgan fingerprint density at radius 1 is 1.04 bits per heavy atom.